The zero-order valence-corrected chi connectivity index (χ0v) is 13.2. The molecular formula is C19H18N4O. The minimum Gasteiger partial charge on any atom is -0.351 e. The first-order valence-corrected chi connectivity index (χ1v) is 8.07. The molecule has 0 radical (unpaired) electrons. The summed E-state index contributed by atoms with van der Waals surface area (Å²) in [5, 5.41) is 5.15. The molecule has 0 unspecified atom stereocenters. The second kappa shape index (κ2) is 6.20. The average molecular weight is 318 g/mol. The van der Waals surface area contributed by atoms with Crippen LogP contribution < -0.4 is 5.32 Å². The van der Waals surface area contributed by atoms with E-state index in [0.717, 1.165) is 34.9 Å². The van der Waals surface area contributed by atoms with E-state index in [1.165, 1.54) is 0 Å². The van der Waals surface area contributed by atoms with E-state index in [0.29, 0.717) is 12.2 Å². The van der Waals surface area contributed by atoms with E-state index in [2.05, 4.69) is 32.0 Å². The SMILES string of the molecule is O=C(NCCCn1ccc2cccnc21)c1cc2ccccc2[nH]1. The van der Waals surface area contributed by atoms with E-state index in [1.807, 2.05) is 42.6 Å². The molecule has 3 heterocycles. The largest absolute Gasteiger partial charge is 0.351 e. The minimum atomic E-state index is -0.0679. The summed E-state index contributed by atoms with van der Waals surface area (Å²) in [6.07, 6.45) is 4.69. The molecule has 0 fully saturated rings. The van der Waals surface area contributed by atoms with Crippen LogP contribution in [0.5, 0.6) is 0 Å². The third-order valence-electron chi connectivity index (χ3n) is 4.16. The summed E-state index contributed by atoms with van der Waals surface area (Å²) >= 11 is 0. The normalized spacial score (nSPS) is 11.2. The van der Waals surface area contributed by atoms with Crippen LogP contribution in [0.1, 0.15) is 16.9 Å². The van der Waals surface area contributed by atoms with Crippen LogP contribution in [0.4, 0.5) is 0 Å². The Morgan fingerprint density at radius 3 is 2.92 bits per heavy atom. The second-order valence-corrected chi connectivity index (χ2v) is 5.81. The Bertz CT molecular complexity index is 966. The first-order chi connectivity index (χ1) is 11.8. The summed E-state index contributed by atoms with van der Waals surface area (Å²) < 4.78 is 2.12. The molecule has 0 aliphatic carbocycles. The van der Waals surface area contributed by atoms with Crippen molar-refractivity contribution < 1.29 is 4.79 Å². The molecule has 4 aromatic rings. The van der Waals surface area contributed by atoms with Gasteiger partial charge in [0.15, 0.2) is 0 Å². The van der Waals surface area contributed by atoms with Crippen LogP contribution in [-0.2, 0) is 6.54 Å². The van der Waals surface area contributed by atoms with Gasteiger partial charge in [0.1, 0.15) is 11.3 Å². The summed E-state index contributed by atoms with van der Waals surface area (Å²) in [4.78, 5) is 19.8. The molecule has 0 atom stereocenters. The molecule has 1 aromatic carbocycles. The lowest BCUT2D eigenvalue weighted by molar-refractivity contribution is 0.0948. The molecular weight excluding hydrogens is 300 g/mol. The van der Waals surface area contributed by atoms with Crippen molar-refractivity contribution >= 4 is 27.8 Å². The highest BCUT2D eigenvalue weighted by molar-refractivity contribution is 5.97. The second-order valence-electron chi connectivity index (χ2n) is 5.81. The van der Waals surface area contributed by atoms with E-state index in [4.69, 9.17) is 0 Å². The summed E-state index contributed by atoms with van der Waals surface area (Å²) in [5.41, 5.74) is 2.57. The number of fused-ring (bicyclic) bond motifs is 2. The van der Waals surface area contributed by atoms with Crippen molar-refractivity contribution in [3.63, 3.8) is 0 Å². The van der Waals surface area contributed by atoms with Crippen LogP contribution in [0.25, 0.3) is 21.9 Å². The Kier molecular flexibility index (Phi) is 3.75. The maximum absolute atomic E-state index is 12.2. The molecule has 3 aromatic heterocycles. The number of hydrogen-bond acceptors (Lipinski definition) is 2. The van der Waals surface area contributed by atoms with Gasteiger partial charge in [-0.25, -0.2) is 4.98 Å². The summed E-state index contributed by atoms with van der Waals surface area (Å²) in [5.74, 6) is -0.0679. The standard InChI is InChI=1S/C19H18N4O/c24-19(17-13-15-5-1-2-7-16(15)22-17)21-10-4-11-23-12-8-14-6-3-9-20-18(14)23/h1-3,5-9,12-13,22H,4,10-11H2,(H,21,24). The first kappa shape index (κ1) is 14.5. The highest BCUT2D eigenvalue weighted by Crippen LogP contribution is 2.15. The van der Waals surface area contributed by atoms with Gasteiger partial charge in [0.25, 0.3) is 5.91 Å². The first-order valence-electron chi connectivity index (χ1n) is 8.07. The number of nitrogens with one attached hydrogen (secondary N) is 2. The lowest BCUT2D eigenvalue weighted by atomic mass is 10.2. The molecule has 5 nitrogen and oxygen atoms in total. The molecule has 2 N–H and O–H groups in total. The number of pyridine rings is 1. The Morgan fingerprint density at radius 1 is 1.12 bits per heavy atom. The van der Waals surface area contributed by atoms with E-state index < -0.39 is 0 Å². The van der Waals surface area contributed by atoms with Gasteiger partial charge in [-0.1, -0.05) is 18.2 Å². The molecule has 0 aliphatic rings. The average Bonchev–Trinajstić information content (AvgIpc) is 3.23. The number of aromatic nitrogens is 3. The number of carbonyl (C=O) groups is 1. The summed E-state index contributed by atoms with van der Waals surface area (Å²) in [7, 11) is 0. The van der Waals surface area contributed by atoms with E-state index in [1.54, 1.807) is 6.20 Å². The number of nitrogens with zero attached hydrogens (tertiary/aromatic N) is 2. The van der Waals surface area contributed by atoms with Gasteiger partial charge >= 0.3 is 0 Å². The Hall–Kier alpha value is -3.08. The van der Waals surface area contributed by atoms with Gasteiger partial charge in [-0.05, 0) is 36.8 Å². The van der Waals surface area contributed by atoms with Gasteiger partial charge in [-0.3, -0.25) is 4.79 Å². The number of rotatable bonds is 5. The Labute approximate surface area is 139 Å². The van der Waals surface area contributed by atoms with Crippen molar-refractivity contribution in [3.8, 4) is 0 Å². The van der Waals surface area contributed by atoms with E-state index in [9.17, 15) is 4.79 Å². The van der Waals surface area contributed by atoms with Gasteiger partial charge in [-0.2, -0.15) is 0 Å². The maximum atomic E-state index is 12.2. The highest BCUT2D eigenvalue weighted by Gasteiger charge is 2.08. The van der Waals surface area contributed by atoms with Crippen LogP contribution in [-0.4, -0.2) is 27.0 Å². The predicted molar refractivity (Wildman–Crippen MR) is 95.0 cm³/mol. The fourth-order valence-electron chi connectivity index (χ4n) is 2.94. The lowest BCUT2D eigenvalue weighted by Gasteiger charge is -2.06. The number of hydrogen-bond donors (Lipinski definition) is 2. The Morgan fingerprint density at radius 2 is 2.00 bits per heavy atom. The quantitative estimate of drug-likeness (QED) is 0.554. The number of aromatic amines is 1. The van der Waals surface area contributed by atoms with E-state index >= 15 is 0 Å². The van der Waals surface area contributed by atoms with E-state index in [-0.39, 0.29) is 5.91 Å². The third kappa shape index (κ3) is 2.76. The molecule has 0 spiro atoms. The van der Waals surface area contributed by atoms with Crippen molar-refractivity contribution in [2.75, 3.05) is 6.54 Å². The number of H-pyrrole nitrogens is 1. The van der Waals surface area contributed by atoms with Gasteiger partial charge in [-0.15, -0.1) is 0 Å². The zero-order valence-electron chi connectivity index (χ0n) is 13.2. The summed E-state index contributed by atoms with van der Waals surface area (Å²) in [6, 6.07) is 15.8. The zero-order chi connectivity index (χ0) is 16.4. The monoisotopic (exact) mass is 318 g/mol. The van der Waals surface area contributed by atoms with Crippen molar-refractivity contribution in [1.82, 2.24) is 19.9 Å². The molecule has 120 valence electrons. The number of benzene rings is 1. The number of aryl methyl sites for hydroxylation is 1. The highest BCUT2D eigenvalue weighted by atomic mass is 16.1. The van der Waals surface area contributed by atoms with Crippen LogP contribution in [0.15, 0.2) is 60.9 Å². The topological polar surface area (TPSA) is 62.7 Å². The van der Waals surface area contributed by atoms with Gasteiger partial charge < -0.3 is 14.9 Å². The minimum absolute atomic E-state index is 0.0679. The van der Waals surface area contributed by atoms with Crippen molar-refractivity contribution in [2.24, 2.45) is 0 Å². The predicted octanol–water partition coefficient (Wildman–Crippen LogP) is 3.34. The van der Waals surface area contributed by atoms with Gasteiger partial charge in [0, 0.05) is 41.8 Å². The van der Waals surface area contributed by atoms with Crippen molar-refractivity contribution in [1.29, 1.82) is 0 Å². The lowest BCUT2D eigenvalue weighted by Crippen LogP contribution is -2.25. The molecule has 0 aliphatic heterocycles. The fraction of sp³-hybridized carbons (Fsp3) is 0.158. The molecule has 0 saturated heterocycles. The molecule has 5 heteroatoms. The van der Waals surface area contributed by atoms with Crippen LogP contribution in [0.3, 0.4) is 0 Å². The maximum Gasteiger partial charge on any atom is 0.267 e. The number of carbonyl (C=O) groups excluding carboxylic acids is 1. The molecule has 24 heavy (non-hydrogen) atoms. The molecule has 0 saturated carbocycles. The van der Waals surface area contributed by atoms with Crippen molar-refractivity contribution in [2.45, 2.75) is 13.0 Å². The Balaban J connectivity index is 1.34. The molecule has 0 bridgehead atoms. The third-order valence-corrected chi connectivity index (χ3v) is 4.16. The van der Waals surface area contributed by atoms with Gasteiger partial charge in [0.2, 0.25) is 0 Å². The summed E-state index contributed by atoms with van der Waals surface area (Å²) in [6.45, 7) is 1.45. The van der Waals surface area contributed by atoms with Crippen LogP contribution in [0, 0.1) is 0 Å². The number of amides is 1. The van der Waals surface area contributed by atoms with Crippen molar-refractivity contribution in [3.05, 3.63) is 66.6 Å². The number of para-hydroxylation sites is 1. The smallest absolute Gasteiger partial charge is 0.267 e. The van der Waals surface area contributed by atoms with Crippen LogP contribution >= 0.6 is 0 Å². The fourth-order valence-corrected chi connectivity index (χ4v) is 2.94. The van der Waals surface area contributed by atoms with Gasteiger partial charge in [0.05, 0.1) is 0 Å². The molecule has 1 amide bonds. The molecule has 4 rings (SSSR count). The van der Waals surface area contributed by atoms with Crippen LogP contribution in [0.2, 0.25) is 0 Å².